The molecule has 1 aromatic rings. The molecule has 0 saturated heterocycles. The van der Waals surface area contributed by atoms with E-state index in [4.69, 9.17) is 0 Å². The van der Waals surface area contributed by atoms with E-state index in [0.29, 0.717) is 5.92 Å². The van der Waals surface area contributed by atoms with Gasteiger partial charge in [-0.3, -0.25) is 0 Å². The van der Waals surface area contributed by atoms with Crippen LogP contribution in [0.4, 0.5) is 0 Å². The van der Waals surface area contributed by atoms with Crippen LogP contribution in [0.3, 0.4) is 0 Å². The van der Waals surface area contributed by atoms with Crippen molar-refractivity contribution in [3.8, 4) is 0 Å². The molecular weight excluding hydrogens is 208 g/mol. The lowest BCUT2D eigenvalue weighted by Gasteiger charge is -2.35. The molecule has 1 saturated carbocycles. The molecule has 0 aliphatic heterocycles. The molecule has 0 aromatic heterocycles. The zero-order valence-corrected chi connectivity index (χ0v) is 10.6. The van der Waals surface area contributed by atoms with Crippen molar-refractivity contribution < 1.29 is 5.11 Å². The number of hydrogen-bond donors (Lipinski definition) is 1. The summed E-state index contributed by atoms with van der Waals surface area (Å²) in [5.74, 6) is 1.03. The quantitative estimate of drug-likeness (QED) is 0.822. The maximum absolute atomic E-state index is 10.4. The topological polar surface area (TPSA) is 20.2 Å². The van der Waals surface area contributed by atoms with E-state index < -0.39 is 5.60 Å². The maximum atomic E-state index is 10.4. The third kappa shape index (κ3) is 2.04. The molecule has 1 unspecified atom stereocenters. The van der Waals surface area contributed by atoms with E-state index in [-0.39, 0.29) is 0 Å². The average molecular weight is 228 g/mol. The zero-order valence-electron chi connectivity index (χ0n) is 10.6. The number of aliphatic hydroxyl groups is 1. The fourth-order valence-corrected chi connectivity index (χ4v) is 2.96. The molecule has 0 bridgehead atoms. The molecule has 1 aromatic carbocycles. The van der Waals surface area contributed by atoms with E-state index in [1.54, 1.807) is 0 Å². The smallest absolute Gasteiger partial charge is 0.0660 e. The van der Waals surface area contributed by atoms with E-state index in [1.807, 2.05) is 13.8 Å². The minimum absolute atomic E-state index is 0.296. The monoisotopic (exact) mass is 228 g/mol. The predicted octanol–water partition coefficient (Wildman–Crippen LogP) is 3.42. The lowest BCUT2D eigenvalue weighted by Crippen LogP contribution is -2.35. The summed E-state index contributed by atoms with van der Waals surface area (Å²) in [4.78, 5) is 0. The molecule has 1 fully saturated rings. The van der Waals surface area contributed by atoms with Crippen LogP contribution in [-0.2, 0) is 6.42 Å². The molecular formula is C16H20O. The molecule has 1 N–H and O–H groups in total. The van der Waals surface area contributed by atoms with E-state index >= 15 is 0 Å². The van der Waals surface area contributed by atoms with Crippen LogP contribution < -0.4 is 0 Å². The molecule has 1 atom stereocenters. The Kier molecular flexibility index (Phi) is 2.41. The van der Waals surface area contributed by atoms with Gasteiger partial charge < -0.3 is 5.11 Å². The highest BCUT2D eigenvalue weighted by Crippen LogP contribution is 2.47. The Hall–Kier alpha value is -1.08. The van der Waals surface area contributed by atoms with Gasteiger partial charge in [-0.1, -0.05) is 35.9 Å². The molecule has 0 radical (unpaired) electrons. The second-order valence-electron chi connectivity index (χ2n) is 6.03. The Morgan fingerprint density at radius 3 is 2.53 bits per heavy atom. The highest BCUT2D eigenvalue weighted by Gasteiger charge is 2.39. The van der Waals surface area contributed by atoms with Crippen LogP contribution in [0.15, 0.2) is 29.8 Å². The summed E-state index contributed by atoms with van der Waals surface area (Å²) < 4.78 is 0. The molecule has 17 heavy (non-hydrogen) atoms. The van der Waals surface area contributed by atoms with Crippen molar-refractivity contribution in [1.82, 2.24) is 0 Å². The van der Waals surface area contributed by atoms with Crippen LogP contribution in [0.25, 0.3) is 6.08 Å². The third-order valence-electron chi connectivity index (χ3n) is 4.11. The van der Waals surface area contributed by atoms with E-state index in [2.05, 4.69) is 30.3 Å². The van der Waals surface area contributed by atoms with Crippen LogP contribution in [0.1, 0.15) is 37.8 Å². The summed E-state index contributed by atoms with van der Waals surface area (Å²) in [5, 5.41) is 10.4. The third-order valence-corrected chi connectivity index (χ3v) is 4.11. The Balaban J connectivity index is 2.04. The molecule has 0 heterocycles. The Morgan fingerprint density at radius 1 is 1.18 bits per heavy atom. The molecule has 0 spiro atoms. The highest BCUT2D eigenvalue weighted by molar-refractivity contribution is 5.61. The number of hydrogen-bond acceptors (Lipinski definition) is 1. The van der Waals surface area contributed by atoms with Crippen LogP contribution in [0.5, 0.6) is 0 Å². The first-order valence-electron chi connectivity index (χ1n) is 6.57. The largest absolute Gasteiger partial charge is 0.390 e. The van der Waals surface area contributed by atoms with Crippen LogP contribution in [-0.4, -0.2) is 10.7 Å². The van der Waals surface area contributed by atoms with Crippen molar-refractivity contribution in [3.05, 3.63) is 41.0 Å². The lowest BCUT2D eigenvalue weighted by molar-refractivity contribution is 0.0303. The SMILES string of the molecule is CC(C)(O)C1Cc2ccccc2C=C1C1CC1. The fraction of sp³-hybridized carbons (Fsp3) is 0.500. The van der Waals surface area contributed by atoms with Gasteiger partial charge in [0.25, 0.3) is 0 Å². The first-order chi connectivity index (χ1) is 8.05. The highest BCUT2D eigenvalue weighted by atomic mass is 16.3. The minimum atomic E-state index is -0.609. The summed E-state index contributed by atoms with van der Waals surface area (Å²) in [6.45, 7) is 3.89. The fourth-order valence-electron chi connectivity index (χ4n) is 2.96. The van der Waals surface area contributed by atoms with Gasteiger partial charge in [0.15, 0.2) is 0 Å². The lowest BCUT2D eigenvalue weighted by atomic mass is 9.73. The van der Waals surface area contributed by atoms with Gasteiger partial charge in [0.1, 0.15) is 0 Å². The Morgan fingerprint density at radius 2 is 1.88 bits per heavy atom. The van der Waals surface area contributed by atoms with Crippen LogP contribution >= 0.6 is 0 Å². The standard InChI is InChI=1S/C16H20O/c1-16(2,17)15-10-13-6-4-3-5-12(13)9-14(15)11-7-8-11/h3-6,9,11,15,17H,7-8,10H2,1-2H3. The van der Waals surface area contributed by atoms with E-state index in [0.717, 1.165) is 12.3 Å². The second kappa shape index (κ2) is 3.71. The van der Waals surface area contributed by atoms with Crippen molar-refractivity contribution in [2.24, 2.45) is 11.8 Å². The summed E-state index contributed by atoms with van der Waals surface area (Å²) in [6.07, 6.45) is 5.93. The Labute approximate surface area is 103 Å². The number of fused-ring (bicyclic) bond motifs is 1. The summed E-state index contributed by atoms with van der Waals surface area (Å²) in [7, 11) is 0. The van der Waals surface area contributed by atoms with Gasteiger partial charge in [0.2, 0.25) is 0 Å². The summed E-state index contributed by atoms with van der Waals surface area (Å²) in [5.41, 5.74) is 3.61. The van der Waals surface area contributed by atoms with Crippen molar-refractivity contribution in [1.29, 1.82) is 0 Å². The van der Waals surface area contributed by atoms with Crippen molar-refractivity contribution in [2.45, 2.75) is 38.7 Å². The van der Waals surface area contributed by atoms with Crippen LogP contribution in [0, 0.1) is 11.8 Å². The second-order valence-corrected chi connectivity index (χ2v) is 6.03. The van der Waals surface area contributed by atoms with Crippen molar-refractivity contribution in [3.63, 3.8) is 0 Å². The van der Waals surface area contributed by atoms with Gasteiger partial charge in [-0.15, -0.1) is 0 Å². The molecule has 90 valence electrons. The van der Waals surface area contributed by atoms with E-state index in [9.17, 15) is 5.11 Å². The number of rotatable bonds is 2. The van der Waals surface area contributed by atoms with Crippen LogP contribution in [0.2, 0.25) is 0 Å². The molecule has 3 rings (SSSR count). The number of benzene rings is 1. The predicted molar refractivity (Wildman–Crippen MR) is 70.6 cm³/mol. The first kappa shape index (κ1) is 11.0. The van der Waals surface area contributed by atoms with Gasteiger partial charge in [0.05, 0.1) is 5.60 Å². The van der Waals surface area contributed by atoms with Gasteiger partial charge in [0, 0.05) is 5.92 Å². The Bertz CT molecular complexity index is 461. The average Bonchev–Trinajstić information content (AvgIpc) is 3.10. The van der Waals surface area contributed by atoms with Gasteiger partial charge >= 0.3 is 0 Å². The van der Waals surface area contributed by atoms with Gasteiger partial charge in [-0.2, -0.15) is 0 Å². The van der Waals surface area contributed by atoms with Crippen molar-refractivity contribution >= 4 is 6.08 Å². The maximum Gasteiger partial charge on any atom is 0.0660 e. The van der Waals surface area contributed by atoms with Gasteiger partial charge in [-0.25, -0.2) is 0 Å². The van der Waals surface area contributed by atoms with E-state index in [1.165, 1.54) is 29.5 Å². The minimum Gasteiger partial charge on any atom is -0.390 e. The first-order valence-corrected chi connectivity index (χ1v) is 6.57. The summed E-state index contributed by atoms with van der Waals surface area (Å²) >= 11 is 0. The molecule has 0 amide bonds. The van der Waals surface area contributed by atoms with Crippen molar-refractivity contribution in [2.75, 3.05) is 0 Å². The summed E-state index contributed by atoms with van der Waals surface area (Å²) in [6, 6.07) is 8.58. The molecule has 2 aliphatic rings. The molecule has 1 nitrogen and oxygen atoms in total. The normalized spacial score (nSPS) is 24.2. The van der Waals surface area contributed by atoms with Gasteiger partial charge in [-0.05, 0) is 50.2 Å². The molecule has 1 heteroatoms. The molecule has 2 aliphatic carbocycles. The zero-order chi connectivity index (χ0) is 12.0.